The van der Waals surface area contributed by atoms with Gasteiger partial charge in [-0.25, -0.2) is 4.79 Å². The molecule has 1 aliphatic heterocycles. The molecule has 1 saturated heterocycles. The molecule has 1 rings (SSSR count). The molecule has 0 bridgehead atoms. The van der Waals surface area contributed by atoms with Crippen molar-refractivity contribution < 1.29 is 24.1 Å². The summed E-state index contributed by atoms with van der Waals surface area (Å²) >= 11 is 0. The fourth-order valence-corrected chi connectivity index (χ4v) is 1.44. The van der Waals surface area contributed by atoms with E-state index in [0.717, 1.165) is 0 Å². The molecule has 0 saturated carbocycles. The average Bonchev–Trinajstić information content (AvgIpc) is 2.28. The van der Waals surface area contributed by atoms with Gasteiger partial charge in [0, 0.05) is 0 Å². The van der Waals surface area contributed by atoms with Crippen LogP contribution < -0.4 is 5.32 Å². The molecule has 0 radical (unpaired) electrons. The van der Waals surface area contributed by atoms with Crippen molar-refractivity contribution in [3.8, 4) is 0 Å². The number of amides is 1. The van der Waals surface area contributed by atoms with E-state index in [1.54, 1.807) is 34.6 Å². The van der Waals surface area contributed by atoms with E-state index in [0.29, 0.717) is 0 Å². The largest absolute Gasteiger partial charge is 0.444 e. The highest BCUT2D eigenvalue weighted by Crippen LogP contribution is 2.17. The quantitative estimate of drug-likeness (QED) is 0.737. The minimum absolute atomic E-state index is 0.105. The summed E-state index contributed by atoms with van der Waals surface area (Å²) in [6, 6.07) is -0.540. The zero-order valence-corrected chi connectivity index (χ0v) is 11.6. The molecular weight excluding hydrogens is 238 g/mol. The lowest BCUT2D eigenvalue weighted by atomic mass is 10.2. The minimum atomic E-state index is -0.820. The van der Waals surface area contributed by atoms with Gasteiger partial charge in [-0.1, -0.05) is 0 Å². The third-order valence-corrected chi connectivity index (χ3v) is 2.38. The normalized spacial score (nSPS) is 28.3. The first-order valence-corrected chi connectivity index (χ1v) is 6.04. The molecule has 1 amide bonds. The van der Waals surface area contributed by atoms with E-state index in [9.17, 15) is 9.90 Å². The summed E-state index contributed by atoms with van der Waals surface area (Å²) in [7, 11) is 0. The van der Waals surface area contributed by atoms with Crippen molar-refractivity contribution in [2.75, 3.05) is 13.2 Å². The van der Waals surface area contributed by atoms with E-state index in [4.69, 9.17) is 14.2 Å². The van der Waals surface area contributed by atoms with Crippen molar-refractivity contribution in [2.45, 2.75) is 58.2 Å². The Morgan fingerprint density at radius 2 is 1.89 bits per heavy atom. The molecule has 1 heterocycles. The Labute approximate surface area is 108 Å². The second-order valence-electron chi connectivity index (χ2n) is 5.84. The third kappa shape index (κ3) is 5.20. The van der Waals surface area contributed by atoms with Gasteiger partial charge in [-0.05, 0) is 34.6 Å². The lowest BCUT2D eigenvalue weighted by molar-refractivity contribution is -0.203. The molecule has 1 aliphatic rings. The lowest BCUT2D eigenvalue weighted by Gasteiger charge is -2.25. The van der Waals surface area contributed by atoms with Crippen molar-refractivity contribution in [1.29, 1.82) is 0 Å². The number of nitrogens with one attached hydrogen (secondary N) is 1. The Morgan fingerprint density at radius 3 is 2.44 bits per heavy atom. The second kappa shape index (κ2) is 5.42. The molecule has 0 aromatic rings. The molecule has 106 valence electrons. The number of aliphatic hydroxyl groups excluding tert-OH is 1. The first-order valence-electron chi connectivity index (χ1n) is 6.04. The van der Waals surface area contributed by atoms with Gasteiger partial charge in [0.2, 0.25) is 0 Å². The second-order valence-corrected chi connectivity index (χ2v) is 5.84. The van der Waals surface area contributed by atoms with Gasteiger partial charge < -0.3 is 24.6 Å². The number of carbonyl (C=O) groups is 1. The van der Waals surface area contributed by atoms with Crippen molar-refractivity contribution in [1.82, 2.24) is 5.32 Å². The Morgan fingerprint density at radius 1 is 1.33 bits per heavy atom. The van der Waals surface area contributed by atoms with Crippen LogP contribution in [0.2, 0.25) is 0 Å². The van der Waals surface area contributed by atoms with Crippen LogP contribution >= 0.6 is 0 Å². The first-order chi connectivity index (χ1) is 8.09. The van der Waals surface area contributed by atoms with Crippen LogP contribution in [0, 0.1) is 0 Å². The van der Waals surface area contributed by atoms with Crippen LogP contribution in [0.1, 0.15) is 34.6 Å². The van der Waals surface area contributed by atoms with Crippen molar-refractivity contribution in [3.05, 3.63) is 0 Å². The monoisotopic (exact) mass is 261 g/mol. The van der Waals surface area contributed by atoms with E-state index >= 15 is 0 Å². The van der Waals surface area contributed by atoms with Gasteiger partial charge in [-0.15, -0.1) is 0 Å². The van der Waals surface area contributed by atoms with E-state index in [1.807, 2.05) is 0 Å². The fraction of sp³-hybridized carbons (Fsp3) is 0.917. The number of carbonyl (C=O) groups excluding carboxylic acids is 1. The lowest BCUT2D eigenvalue weighted by Crippen LogP contribution is -2.48. The summed E-state index contributed by atoms with van der Waals surface area (Å²) in [6.45, 7) is 9.13. The van der Waals surface area contributed by atoms with Gasteiger partial charge in [0.05, 0.1) is 25.4 Å². The van der Waals surface area contributed by atoms with Crippen molar-refractivity contribution in [3.63, 3.8) is 0 Å². The highest BCUT2D eigenvalue weighted by Gasteiger charge is 2.33. The Hall–Kier alpha value is -0.850. The van der Waals surface area contributed by atoms with Gasteiger partial charge in [0.1, 0.15) is 5.60 Å². The van der Waals surface area contributed by atoms with Crippen molar-refractivity contribution in [2.24, 2.45) is 0 Å². The van der Waals surface area contributed by atoms with E-state index in [2.05, 4.69) is 5.32 Å². The van der Waals surface area contributed by atoms with Gasteiger partial charge in [0.25, 0.3) is 0 Å². The van der Waals surface area contributed by atoms with Crippen LogP contribution in [-0.2, 0) is 14.2 Å². The molecule has 2 atom stereocenters. The third-order valence-electron chi connectivity index (χ3n) is 2.38. The number of alkyl carbamates (subject to hydrolysis) is 1. The number of ether oxygens (including phenoxy) is 3. The van der Waals surface area contributed by atoms with Gasteiger partial charge in [-0.3, -0.25) is 0 Å². The van der Waals surface area contributed by atoms with E-state index < -0.39 is 29.6 Å². The topological polar surface area (TPSA) is 77.0 Å². The molecule has 18 heavy (non-hydrogen) atoms. The van der Waals surface area contributed by atoms with Gasteiger partial charge in [0.15, 0.2) is 5.79 Å². The Kier molecular flexibility index (Phi) is 4.58. The Balaban J connectivity index is 2.53. The molecule has 0 aliphatic carbocycles. The maximum absolute atomic E-state index is 11.6. The smallest absolute Gasteiger partial charge is 0.408 e. The zero-order chi connectivity index (χ0) is 14.0. The summed E-state index contributed by atoms with van der Waals surface area (Å²) in [4.78, 5) is 11.6. The van der Waals surface area contributed by atoms with Crippen molar-refractivity contribution >= 4 is 6.09 Å². The average molecular weight is 261 g/mol. The number of rotatable bonds is 1. The summed E-state index contributed by atoms with van der Waals surface area (Å²) in [5.74, 6) is -0.759. The first kappa shape index (κ1) is 15.2. The van der Waals surface area contributed by atoms with E-state index in [1.165, 1.54) is 0 Å². The van der Waals surface area contributed by atoms with Crippen LogP contribution in [0.4, 0.5) is 4.79 Å². The van der Waals surface area contributed by atoms with Crippen LogP contribution in [0.5, 0.6) is 0 Å². The summed E-state index contributed by atoms with van der Waals surface area (Å²) in [5.41, 5.74) is -0.573. The predicted molar refractivity (Wildman–Crippen MR) is 65.1 cm³/mol. The zero-order valence-electron chi connectivity index (χ0n) is 11.6. The summed E-state index contributed by atoms with van der Waals surface area (Å²) in [5, 5.41) is 12.4. The maximum Gasteiger partial charge on any atom is 0.408 e. The van der Waals surface area contributed by atoms with Gasteiger partial charge in [-0.2, -0.15) is 0 Å². The summed E-state index contributed by atoms with van der Waals surface area (Å²) < 4.78 is 15.9. The molecule has 2 N–H and O–H groups in total. The minimum Gasteiger partial charge on any atom is -0.444 e. The van der Waals surface area contributed by atoms with Crippen LogP contribution in [0.3, 0.4) is 0 Å². The Bertz CT molecular complexity index is 297. The van der Waals surface area contributed by atoms with E-state index in [-0.39, 0.29) is 13.2 Å². The molecule has 6 heteroatoms. The van der Waals surface area contributed by atoms with Gasteiger partial charge >= 0.3 is 6.09 Å². The number of aliphatic hydroxyl groups is 1. The SMILES string of the molecule is CC(C)(C)OC(=O)N[C@@H]1COC(C)(C)OC[C@H]1O. The predicted octanol–water partition coefficient (Wildman–Crippen LogP) is 1.02. The highest BCUT2D eigenvalue weighted by atomic mass is 16.7. The molecule has 0 unspecified atom stereocenters. The maximum atomic E-state index is 11.6. The molecule has 0 spiro atoms. The van der Waals surface area contributed by atoms with Crippen LogP contribution in [0.25, 0.3) is 0 Å². The fourth-order valence-electron chi connectivity index (χ4n) is 1.44. The molecule has 0 aromatic carbocycles. The number of hydrogen-bond donors (Lipinski definition) is 2. The molecule has 0 aromatic heterocycles. The number of hydrogen-bond acceptors (Lipinski definition) is 5. The molecule has 1 fully saturated rings. The molecular formula is C12H23NO5. The van der Waals surface area contributed by atoms with Crippen LogP contribution in [-0.4, -0.2) is 47.9 Å². The highest BCUT2D eigenvalue weighted by molar-refractivity contribution is 5.68. The standard InChI is InChI=1S/C12H23NO5/c1-11(2,3)18-10(15)13-8-6-16-12(4,5)17-7-9(8)14/h8-9,14H,6-7H2,1-5H3,(H,13,15)/t8-,9-/m1/s1. The van der Waals surface area contributed by atoms with Crippen LogP contribution in [0.15, 0.2) is 0 Å². The summed E-state index contributed by atoms with van der Waals surface area (Å²) in [6.07, 6.45) is -1.39. The molecule has 6 nitrogen and oxygen atoms in total.